The molecule has 0 fully saturated rings. The topological polar surface area (TPSA) is 29.9 Å². The minimum Gasteiger partial charge on any atom is -0.325 e. The van der Waals surface area contributed by atoms with Crippen molar-refractivity contribution < 1.29 is 13.2 Å². The van der Waals surface area contributed by atoms with E-state index in [9.17, 15) is 13.2 Å². The summed E-state index contributed by atoms with van der Waals surface area (Å²) in [7, 11) is 0. The predicted molar refractivity (Wildman–Crippen MR) is 76.7 cm³/mol. The lowest BCUT2D eigenvalue weighted by Gasteiger charge is -2.14. The molecule has 6 heteroatoms. The van der Waals surface area contributed by atoms with E-state index in [0.29, 0.717) is 11.6 Å². The van der Waals surface area contributed by atoms with Gasteiger partial charge in [-0.15, -0.1) is 0 Å². The van der Waals surface area contributed by atoms with Gasteiger partial charge in [0.2, 0.25) is 5.95 Å². The minimum absolute atomic E-state index is 0.424. The highest BCUT2D eigenvalue weighted by Crippen LogP contribution is 2.32. The zero-order valence-corrected chi connectivity index (χ0v) is 12.3. The Hall–Kier alpha value is -1.98. The summed E-state index contributed by atoms with van der Waals surface area (Å²) in [4.78, 5) is 4.33. The first-order valence-electron chi connectivity index (χ1n) is 6.80. The molecule has 0 amide bonds. The van der Waals surface area contributed by atoms with Crippen LogP contribution in [-0.2, 0) is 12.7 Å². The summed E-state index contributed by atoms with van der Waals surface area (Å²) in [6.07, 6.45) is -1.54. The number of halogens is 3. The van der Waals surface area contributed by atoms with E-state index < -0.39 is 11.7 Å². The third-order valence-corrected chi connectivity index (χ3v) is 3.17. The molecule has 0 atom stereocenters. The molecule has 0 aliphatic rings. The number of aryl methyl sites for hydroxylation is 3. The molecule has 2 aromatic rings. The fraction of sp³-hybridized carbons (Fsp3) is 0.400. The molecule has 1 aromatic heterocycles. The van der Waals surface area contributed by atoms with Gasteiger partial charge >= 0.3 is 6.18 Å². The Labute approximate surface area is 121 Å². The summed E-state index contributed by atoms with van der Waals surface area (Å²) in [6.45, 7) is 6.43. The molecule has 0 saturated carbocycles. The second-order valence-corrected chi connectivity index (χ2v) is 5.05. The Morgan fingerprint density at radius 1 is 1.24 bits per heavy atom. The molecule has 0 spiro atoms. The van der Waals surface area contributed by atoms with Gasteiger partial charge in [0.25, 0.3) is 0 Å². The smallest absolute Gasteiger partial charge is 0.325 e. The molecule has 0 aliphatic carbocycles. The lowest BCUT2D eigenvalue weighted by atomic mass is 10.1. The Morgan fingerprint density at radius 2 is 1.95 bits per heavy atom. The van der Waals surface area contributed by atoms with Crippen LogP contribution >= 0.6 is 0 Å². The average Bonchev–Trinajstić information content (AvgIpc) is 2.71. The van der Waals surface area contributed by atoms with Crippen LogP contribution in [0.15, 0.2) is 24.4 Å². The Kier molecular flexibility index (Phi) is 4.25. The van der Waals surface area contributed by atoms with Gasteiger partial charge in [0, 0.05) is 18.4 Å². The highest BCUT2D eigenvalue weighted by molar-refractivity contribution is 5.60. The Bertz CT molecular complexity index is 630. The van der Waals surface area contributed by atoms with Crippen LogP contribution < -0.4 is 5.32 Å². The molecule has 0 bridgehead atoms. The number of aromatic nitrogens is 2. The highest BCUT2D eigenvalue weighted by Gasteiger charge is 2.30. The van der Waals surface area contributed by atoms with Crippen molar-refractivity contribution in [2.24, 2.45) is 0 Å². The molecule has 0 radical (unpaired) electrons. The first-order valence-corrected chi connectivity index (χ1v) is 6.80. The molecule has 114 valence electrons. The number of rotatable bonds is 4. The molecule has 1 N–H and O–H groups in total. The lowest BCUT2D eigenvalue weighted by Crippen LogP contribution is -2.08. The average molecular weight is 297 g/mol. The van der Waals surface area contributed by atoms with Crippen LogP contribution in [0.4, 0.5) is 24.8 Å². The quantitative estimate of drug-likeness (QED) is 0.888. The van der Waals surface area contributed by atoms with Gasteiger partial charge in [-0.3, -0.25) is 0 Å². The van der Waals surface area contributed by atoms with Crippen molar-refractivity contribution in [3.05, 3.63) is 41.2 Å². The maximum absolute atomic E-state index is 12.8. The predicted octanol–water partition coefficient (Wildman–Crippen LogP) is 4.67. The zero-order chi connectivity index (χ0) is 15.6. The number of anilines is 2. The molecule has 2 rings (SSSR count). The monoisotopic (exact) mass is 297 g/mol. The maximum atomic E-state index is 12.8. The number of alkyl halides is 3. The summed E-state index contributed by atoms with van der Waals surface area (Å²) in [5.74, 6) is 0.566. The molecule has 0 unspecified atom stereocenters. The summed E-state index contributed by atoms with van der Waals surface area (Å²) in [5, 5.41) is 3.01. The maximum Gasteiger partial charge on any atom is 0.416 e. The van der Waals surface area contributed by atoms with E-state index >= 15 is 0 Å². The molecular formula is C15H18F3N3. The van der Waals surface area contributed by atoms with Crippen molar-refractivity contribution in [1.29, 1.82) is 0 Å². The van der Waals surface area contributed by atoms with E-state index in [4.69, 9.17) is 0 Å². The van der Waals surface area contributed by atoms with Gasteiger partial charge < -0.3 is 9.88 Å². The summed E-state index contributed by atoms with van der Waals surface area (Å²) in [5.41, 5.74) is 1.33. The summed E-state index contributed by atoms with van der Waals surface area (Å²) >= 11 is 0. The largest absolute Gasteiger partial charge is 0.416 e. The van der Waals surface area contributed by atoms with E-state index in [2.05, 4.69) is 10.3 Å². The number of benzene rings is 1. The van der Waals surface area contributed by atoms with Crippen LogP contribution in [0.5, 0.6) is 0 Å². The van der Waals surface area contributed by atoms with E-state index in [1.165, 1.54) is 6.07 Å². The van der Waals surface area contributed by atoms with E-state index in [1.807, 2.05) is 24.6 Å². The summed E-state index contributed by atoms with van der Waals surface area (Å²) < 4.78 is 40.3. The van der Waals surface area contributed by atoms with Crippen molar-refractivity contribution in [3.8, 4) is 0 Å². The van der Waals surface area contributed by atoms with Crippen LogP contribution in [-0.4, -0.2) is 9.55 Å². The van der Waals surface area contributed by atoms with Crippen LogP contribution in [0.1, 0.15) is 30.2 Å². The standard InChI is InChI=1S/C15H18F3N3/c1-4-7-21-9-11(3)19-14(21)20-13-8-12(15(16,17)18)6-5-10(13)2/h5-6,8-9H,4,7H2,1-3H3,(H,19,20). The van der Waals surface area contributed by atoms with Crippen molar-refractivity contribution in [2.45, 2.75) is 39.9 Å². The second-order valence-electron chi connectivity index (χ2n) is 5.05. The van der Waals surface area contributed by atoms with Gasteiger partial charge in [0.05, 0.1) is 11.3 Å². The first-order chi connectivity index (χ1) is 9.81. The normalized spacial score (nSPS) is 11.7. The number of imidazole rings is 1. The number of nitrogens with zero attached hydrogens (tertiary/aromatic N) is 2. The fourth-order valence-electron chi connectivity index (χ4n) is 2.11. The molecule has 0 aliphatic heterocycles. The highest BCUT2D eigenvalue weighted by atomic mass is 19.4. The molecule has 1 heterocycles. The summed E-state index contributed by atoms with van der Waals surface area (Å²) in [6, 6.07) is 3.67. The SMILES string of the molecule is CCCn1cc(C)nc1Nc1cc(C(F)(F)F)ccc1C. The van der Waals surface area contributed by atoms with Gasteiger partial charge in [-0.05, 0) is 38.0 Å². The molecular weight excluding hydrogens is 279 g/mol. The number of hydrogen-bond donors (Lipinski definition) is 1. The van der Waals surface area contributed by atoms with Crippen LogP contribution in [0.2, 0.25) is 0 Å². The van der Waals surface area contributed by atoms with E-state index in [1.54, 1.807) is 6.92 Å². The third kappa shape index (κ3) is 3.56. The van der Waals surface area contributed by atoms with Gasteiger partial charge in [-0.1, -0.05) is 13.0 Å². The molecule has 21 heavy (non-hydrogen) atoms. The van der Waals surface area contributed by atoms with Crippen LogP contribution in [0.25, 0.3) is 0 Å². The van der Waals surface area contributed by atoms with E-state index in [-0.39, 0.29) is 0 Å². The number of nitrogens with one attached hydrogen (secondary N) is 1. The molecule has 0 saturated heterocycles. The Morgan fingerprint density at radius 3 is 2.57 bits per heavy atom. The second kappa shape index (κ2) is 5.79. The zero-order valence-electron chi connectivity index (χ0n) is 12.3. The minimum atomic E-state index is -4.35. The third-order valence-electron chi connectivity index (χ3n) is 3.17. The molecule has 1 aromatic carbocycles. The fourth-order valence-corrected chi connectivity index (χ4v) is 2.11. The number of hydrogen-bond acceptors (Lipinski definition) is 2. The lowest BCUT2D eigenvalue weighted by molar-refractivity contribution is -0.137. The molecule has 3 nitrogen and oxygen atoms in total. The van der Waals surface area contributed by atoms with Gasteiger partial charge in [-0.2, -0.15) is 13.2 Å². The Balaban J connectivity index is 2.35. The van der Waals surface area contributed by atoms with Crippen molar-refractivity contribution in [1.82, 2.24) is 9.55 Å². The van der Waals surface area contributed by atoms with Gasteiger partial charge in [-0.25, -0.2) is 4.98 Å². The van der Waals surface area contributed by atoms with Crippen molar-refractivity contribution in [3.63, 3.8) is 0 Å². The first kappa shape index (κ1) is 15.4. The van der Waals surface area contributed by atoms with E-state index in [0.717, 1.165) is 36.4 Å². The van der Waals surface area contributed by atoms with Crippen LogP contribution in [0.3, 0.4) is 0 Å². The van der Waals surface area contributed by atoms with Gasteiger partial charge in [0.15, 0.2) is 0 Å². The van der Waals surface area contributed by atoms with Crippen LogP contribution in [0, 0.1) is 13.8 Å². The van der Waals surface area contributed by atoms with Crippen molar-refractivity contribution >= 4 is 11.6 Å². The van der Waals surface area contributed by atoms with Gasteiger partial charge in [0.1, 0.15) is 0 Å². The van der Waals surface area contributed by atoms with Crippen molar-refractivity contribution in [2.75, 3.05) is 5.32 Å².